The van der Waals surface area contributed by atoms with Gasteiger partial charge in [0.05, 0.1) is 0 Å². The van der Waals surface area contributed by atoms with Crippen LogP contribution in [0.5, 0.6) is 0 Å². The first-order valence-corrected chi connectivity index (χ1v) is 6.26. The highest BCUT2D eigenvalue weighted by molar-refractivity contribution is 5.84. The summed E-state index contributed by atoms with van der Waals surface area (Å²) in [5, 5.41) is 5.85. The monoisotopic (exact) mass is 265 g/mol. The second-order valence-corrected chi connectivity index (χ2v) is 3.86. The van der Waals surface area contributed by atoms with Crippen LogP contribution in [0.2, 0.25) is 0 Å². The molecular weight excluding hydrogens is 242 g/mol. The van der Waals surface area contributed by atoms with Gasteiger partial charge in [-0.25, -0.2) is 4.79 Å². The zero-order chi connectivity index (χ0) is 14.7. The number of likely N-dealkylation sites (N-methyl/N-ethyl adjacent to an activating group) is 1. The maximum atomic E-state index is 11.6. The van der Waals surface area contributed by atoms with Crippen molar-refractivity contribution in [1.29, 1.82) is 0 Å². The number of hydrogen-bond donors (Lipinski definition) is 2. The molecule has 0 aromatic rings. The van der Waals surface area contributed by atoms with Crippen molar-refractivity contribution in [1.82, 2.24) is 15.5 Å². The van der Waals surface area contributed by atoms with Crippen LogP contribution < -0.4 is 10.6 Å². The highest BCUT2D eigenvalue weighted by Crippen LogP contribution is 2.07. The lowest BCUT2D eigenvalue weighted by atomic mass is 10.0. The lowest BCUT2D eigenvalue weighted by Crippen LogP contribution is -2.41. The van der Waals surface area contributed by atoms with Crippen molar-refractivity contribution in [2.75, 3.05) is 20.1 Å². The normalized spacial score (nSPS) is 12.4. The molecule has 0 aliphatic rings. The first-order chi connectivity index (χ1) is 9.14. The number of carbonyl (C=O) groups is 2. The largest absolute Gasteiger partial charge is 0.338 e. The fourth-order valence-electron chi connectivity index (χ4n) is 1.63. The molecule has 0 saturated carbocycles. The van der Waals surface area contributed by atoms with Crippen LogP contribution >= 0.6 is 0 Å². The third kappa shape index (κ3) is 6.01. The molecule has 0 aliphatic heterocycles. The average Bonchev–Trinajstić information content (AvgIpc) is 2.43. The summed E-state index contributed by atoms with van der Waals surface area (Å²) in [7, 11) is 1.84. The number of amides is 3. The van der Waals surface area contributed by atoms with Gasteiger partial charge < -0.3 is 10.6 Å². The summed E-state index contributed by atoms with van der Waals surface area (Å²) in [4.78, 5) is 23.2. The summed E-state index contributed by atoms with van der Waals surface area (Å²) in [6.45, 7) is 9.97. The van der Waals surface area contributed by atoms with Gasteiger partial charge in [0.1, 0.15) is 0 Å². The van der Waals surface area contributed by atoms with Gasteiger partial charge in [0.15, 0.2) is 0 Å². The molecule has 1 unspecified atom stereocenters. The molecule has 0 saturated heterocycles. The fraction of sp³-hybridized carbons (Fsp3) is 0.429. The molecule has 0 heterocycles. The lowest BCUT2D eigenvalue weighted by molar-refractivity contribution is -0.115. The molecule has 5 nitrogen and oxygen atoms in total. The standard InChI is InChI=1S/C14H23N3O2/c1-5-8-12(6-2)13(15-4)9-10-16-14(19)17(7-3)11-18/h5-6,8,11,13,15H,1-2,7,9-10H2,3-4H3,(H,16,19)/b12-8+. The van der Waals surface area contributed by atoms with Gasteiger partial charge in [-0.15, -0.1) is 0 Å². The number of allylic oxidation sites excluding steroid dienone is 2. The number of urea groups is 1. The van der Waals surface area contributed by atoms with Gasteiger partial charge in [0.2, 0.25) is 6.41 Å². The topological polar surface area (TPSA) is 61.4 Å². The van der Waals surface area contributed by atoms with Crippen LogP contribution in [0.25, 0.3) is 0 Å². The van der Waals surface area contributed by atoms with Gasteiger partial charge >= 0.3 is 6.03 Å². The first kappa shape index (κ1) is 17.1. The Kier molecular flexibility index (Phi) is 9.08. The van der Waals surface area contributed by atoms with E-state index >= 15 is 0 Å². The average molecular weight is 265 g/mol. The summed E-state index contributed by atoms with van der Waals surface area (Å²) in [6, 6.07) is -0.290. The van der Waals surface area contributed by atoms with Crippen molar-refractivity contribution in [3.63, 3.8) is 0 Å². The van der Waals surface area contributed by atoms with E-state index < -0.39 is 0 Å². The van der Waals surface area contributed by atoms with Crippen LogP contribution in [0.1, 0.15) is 13.3 Å². The number of nitrogens with zero attached hydrogens (tertiary/aromatic N) is 1. The Morgan fingerprint density at radius 1 is 1.42 bits per heavy atom. The Bertz CT molecular complexity index is 351. The predicted octanol–water partition coefficient (Wildman–Crippen LogP) is 1.45. The Labute approximate surface area is 115 Å². The Hall–Kier alpha value is -1.88. The second kappa shape index (κ2) is 10.1. The van der Waals surface area contributed by atoms with Crippen LogP contribution in [0.4, 0.5) is 4.79 Å². The summed E-state index contributed by atoms with van der Waals surface area (Å²) in [6.07, 6.45) is 6.56. The van der Waals surface area contributed by atoms with Crippen molar-refractivity contribution >= 4 is 12.4 Å². The molecule has 2 N–H and O–H groups in total. The number of nitrogens with one attached hydrogen (secondary N) is 2. The predicted molar refractivity (Wildman–Crippen MR) is 77.8 cm³/mol. The fourth-order valence-corrected chi connectivity index (χ4v) is 1.63. The van der Waals surface area contributed by atoms with Gasteiger partial charge in [0.25, 0.3) is 0 Å². The third-order valence-electron chi connectivity index (χ3n) is 2.73. The van der Waals surface area contributed by atoms with E-state index in [2.05, 4.69) is 23.8 Å². The maximum Gasteiger partial charge on any atom is 0.323 e. The van der Waals surface area contributed by atoms with Gasteiger partial charge in [-0.05, 0) is 26.0 Å². The minimum atomic E-state index is -0.375. The van der Waals surface area contributed by atoms with Crippen molar-refractivity contribution in [2.45, 2.75) is 19.4 Å². The van der Waals surface area contributed by atoms with Crippen molar-refractivity contribution in [2.24, 2.45) is 0 Å². The number of carbonyl (C=O) groups excluding carboxylic acids is 2. The minimum absolute atomic E-state index is 0.0853. The lowest BCUT2D eigenvalue weighted by Gasteiger charge is -2.19. The van der Waals surface area contributed by atoms with E-state index in [0.29, 0.717) is 25.9 Å². The van der Waals surface area contributed by atoms with E-state index in [1.807, 2.05) is 13.1 Å². The smallest absolute Gasteiger partial charge is 0.323 e. The van der Waals surface area contributed by atoms with Gasteiger partial charge in [-0.2, -0.15) is 0 Å². The molecule has 0 aromatic heterocycles. The molecule has 3 amide bonds. The molecule has 0 rings (SSSR count). The number of hydrogen-bond acceptors (Lipinski definition) is 3. The molecule has 5 heteroatoms. The van der Waals surface area contributed by atoms with Crippen molar-refractivity contribution in [3.05, 3.63) is 37.0 Å². The van der Waals surface area contributed by atoms with Crippen LogP contribution in [0.15, 0.2) is 37.0 Å². The molecule has 0 radical (unpaired) electrons. The molecular formula is C14H23N3O2. The number of rotatable bonds is 9. The molecule has 0 bridgehead atoms. The molecule has 106 valence electrons. The van der Waals surface area contributed by atoms with Gasteiger partial charge in [-0.3, -0.25) is 9.69 Å². The summed E-state index contributed by atoms with van der Waals surface area (Å²) in [5.74, 6) is 0. The minimum Gasteiger partial charge on any atom is -0.338 e. The quantitative estimate of drug-likeness (QED) is 0.490. The number of imide groups is 1. The molecule has 0 fully saturated rings. The molecule has 1 atom stereocenters. The van der Waals surface area contributed by atoms with E-state index in [1.165, 1.54) is 0 Å². The van der Waals surface area contributed by atoms with Crippen molar-refractivity contribution < 1.29 is 9.59 Å². The molecule has 0 aromatic carbocycles. The Morgan fingerprint density at radius 2 is 2.11 bits per heavy atom. The van der Waals surface area contributed by atoms with Crippen LogP contribution in [-0.2, 0) is 4.79 Å². The van der Waals surface area contributed by atoms with Crippen LogP contribution in [-0.4, -0.2) is 43.5 Å². The van der Waals surface area contributed by atoms with E-state index in [0.717, 1.165) is 10.5 Å². The SMILES string of the molecule is C=C/C=C(\C=C)C(CCNC(=O)N(C=O)CC)NC. The van der Waals surface area contributed by atoms with E-state index in [9.17, 15) is 9.59 Å². The Morgan fingerprint density at radius 3 is 2.53 bits per heavy atom. The van der Waals surface area contributed by atoms with Gasteiger partial charge in [0, 0.05) is 19.1 Å². The summed E-state index contributed by atoms with van der Waals surface area (Å²) < 4.78 is 0. The van der Waals surface area contributed by atoms with Crippen LogP contribution in [0.3, 0.4) is 0 Å². The molecule has 0 spiro atoms. The molecule has 19 heavy (non-hydrogen) atoms. The van der Waals surface area contributed by atoms with Gasteiger partial charge in [-0.1, -0.05) is 31.4 Å². The summed E-state index contributed by atoms with van der Waals surface area (Å²) >= 11 is 0. The van der Waals surface area contributed by atoms with E-state index in [-0.39, 0.29) is 12.1 Å². The van der Waals surface area contributed by atoms with E-state index in [4.69, 9.17) is 0 Å². The third-order valence-corrected chi connectivity index (χ3v) is 2.73. The van der Waals surface area contributed by atoms with Crippen LogP contribution in [0, 0.1) is 0 Å². The highest BCUT2D eigenvalue weighted by Gasteiger charge is 2.12. The summed E-state index contributed by atoms with van der Waals surface area (Å²) in [5.41, 5.74) is 1.01. The Balaban J connectivity index is 4.33. The first-order valence-electron chi connectivity index (χ1n) is 6.26. The maximum absolute atomic E-state index is 11.6. The highest BCUT2D eigenvalue weighted by atomic mass is 16.2. The second-order valence-electron chi connectivity index (χ2n) is 3.86. The zero-order valence-electron chi connectivity index (χ0n) is 11.7. The van der Waals surface area contributed by atoms with E-state index in [1.54, 1.807) is 19.1 Å². The zero-order valence-corrected chi connectivity index (χ0v) is 11.7. The van der Waals surface area contributed by atoms with Crippen molar-refractivity contribution in [3.8, 4) is 0 Å². The molecule has 0 aliphatic carbocycles.